The Morgan fingerprint density at radius 2 is 1.77 bits per heavy atom. The molecule has 1 heterocycles. The van der Waals surface area contributed by atoms with Gasteiger partial charge in [-0.25, -0.2) is 0 Å². The lowest BCUT2D eigenvalue weighted by molar-refractivity contribution is -0.137. The number of nitrogens with zero attached hydrogens (tertiary/aromatic N) is 1. The second-order valence-corrected chi connectivity index (χ2v) is 7.68. The summed E-state index contributed by atoms with van der Waals surface area (Å²) in [5.74, 6) is 0. The van der Waals surface area contributed by atoms with Crippen LogP contribution in [0.5, 0.6) is 0 Å². The quantitative estimate of drug-likeness (QED) is 0.604. The highest BCUT2D eigenvalue weighted by atomic mass is 19.4. The normalized spacial score (nSPS) is 18.5. The van der Waals surface area contributed by atoms with Crippen molar-refractivity contribution in [1.82, 2.24) is 5.32 Å². The topological polar surface area (TPSA) is 24.5 Å². The zero-order valence-electron chi connectivity index (χ0n) is 16.8. The Bertz CT molecular complexity index is 982. The predicted molar refractivity (Wildman–Crippen MR) is 114 cm³/mol. The first-order chi connectivity index (χ1) is 14.4. The Morgan fingerprint density at radius 3 is 2.53 bits per heavy atom. The number of anilines is 1. The van der Waals surface area contributed by atoms with Crippen LogP contribution in [0.3, 0.4) is 0 Å². The second-order valence-electron chi connectivity index (χ2n) is 7.68. The van der Waals surface area contributed by atoms with Gasteiger partial charge in [-0.3, -0.25) is 0 Å². The summed E-state index contributed by atoms with van der Waals surface area (Å²) >= 11 is 0. The lowest BCUT2D eigenvalue weighted by Crippen LogP contribution is -2.47. The van der Waals surface area contributed by atoms with Gasteiger partial charge in [0.25, 0.3) is 0 Å². The molecule has 2 atom stereocenters. The minimum atomic E-state index is -4.31. The number of morpholine rings is 1. The number of alkyl halides is 3. The molecule has 4 rings (SSSR count). The van der Waals surface area contributed by atoms with Crippen LogP contribution in [-0.4, -0.2) is 32.3 Å². The maximum absolute atomic E-state index is 12.8. The molecular weight excluding hydrogens is 389 g/mol. The molecule has 30 heavy (non-hydrogen) atoms. The molecule has 0 bridgehead atoms. The van der Waals surface area contributed by atoms with Gasteiger partial charge >= 0.3 is 6.18 Å². The third-order valence-electron chi connectivity index (χ3n) is 5.64. The number of hydrogen-bond donors (Lipinski definition) is 1. The van der Waals surface area contributed by atoms with E-state index in [-0.39, 0.29) is 12.1 Å². The lowest BCUT2D eigenvalue weighted by Gasteiger charge is -2.35. The van der Waals surface area contributed by atoms with Crippen LogP contribution < -0.4 is 10.2 Å². The van der Waals surface area contributed by atoms with Crippen molar-refractivity contribution in [2.45, 2.75) is 25.2 Å². The number of nitrogens with one attached hydrogen (secondary N) is 1. The molecule has 1 fully saturated rings. The number of halogens is 3. The Labute approximate surface area is 174 Å². The van der Waals surface area contributed by atoms with Crippen molar-refractivity contribution in [2.75, 3.05) is 31.1 Å². The highest BCUT2D eigenvalue weighted by Gasteiger charge is 2.30. The van der Waals surface area contributed by atoms with Crippen LogP contribution in [0, 0.1) is 0 Å². The van der Waals surface area contributed by atoms with E-state index in [0.29, 0.717) is 26.2 Å². The fourth-order valence-electron chi connectivity index (χ4n) is 3.98. The average molecular weight is 414 g/mol. The van der Waals surface area contributed by atoms with E-state index in [9.17, 15) is 13.2 Å². The van der Waals surface area contributed by atoms with Crippen LogP contribution in [0.1, 0.15) is 24.1 Å². The van der Waals surface area contributed by atoms with E-state index < -0.39 is 11.7 Å². The summed E-state index contributed by atoms with van der Waals surface area (Å²) in [5.41, 5.74) is 1.41. The van der Waals surface area contributed by atoms with Crippen LogP contribution in [0.25, 0.3) is 10.8 Å². The van der Waals surface area contributed by atoms with E-state index >= 15 is 0 Å². The smallest absolute Gasteiger partial charge is 0.373 e. The second kappa shape index (κ2) is 8.66. The molecule has 1 N–H and O–H groups in total. The molecular formula is C24H25F3N2O. The third-order valence-corrected chi connectivity index (χ3v) is 5.64. The Hall–Kier alpha value is -2.57. The zero-order valence-corrected chi connectivity index (χ0v) is 16.8. The molecule has 3 aromatic carbocycles. The zero-order chi connectivity index (χ0) is 21.1. The third kappa shape index (κ3) is 4.60. The Kier molecular flexibility index (Phi) is 5.97. The number of rotatable bonds is 5. The molecule has 0 saturated carbocycles. The van der Waals surface area contributed by atoms with E-state index in [1.54, 1.807) is 0 Å². The molecule has 1 aliphatic heterocycles. The van der Waals surface area contributed by atoms with Crippen molar-refractivity contribution in [1.29, 1.82) is 0 Å². The van der Waals surface area contributed by atoms with Gasteiger partial charge in [-0.15, -0.1) is 0 Å². The molecule has 0 radical (unpaired) electrons. The van der Waals surface area contributed by atoms with Crippen LogP contribution in [-0.2, 0) is 10.9 Å². The largest absolute Gasteiger partial charge is 0.416 e. The molecule has 1 saturated heterocycles. The summed E-state index contributed by atoms with van der Waals surface area (Å²) in [6.07, 6.45) is -4.34. The summed E-state index contributed by atoms with van der Waals surface area (Å²) in [6, 6.07) is 20.1. The predicted octanol–water partition coefficient (Wildman–Crippen LogP) is 5.41. The number of hydrogen-bond acceptors (Lipinski definition) is 3. The molecule has 158 valence electrons. The minimum Gasteiger partial charge on any atom is -0.373 e. The van der Waals surface area contributed by atoms with Crippen molar-refractivity contribution in [3.63, 3.8) is 0 Å². The SMILES string of the molecule is C[C@H](NCC1CN(c2ccc(C(F)(F)F)cc2)CCO1)c1cccc2ccccc12. The van der Waals surface area contributed by atoms with Gasteiger partial charge in [0.15, 0.2) is 0 Å². The Morgan fingerprint density at radius 1 is 1.03 bits per heavy atom. The number of benzene rings is 3. The summed E-state index contributed by atoms with van der Waals surface area (Å²) in [5, 5.41) is 6.01. The van der Waals surface area contributed by atoms with E-state index in [0.717, 1.165) is 17.8 Å². The molecule has 0 aromatic heterocycles. The first-order valence-electron chi connectivity index (χ1n) is 10.2. The summed E-state index contributed by atoms with van der Waals surface area (Å²) < 4.78 is 44.3. The van der Waals surface area contributed by atoms with Gasteiger partial charge in [0.05, 0.1) is 18.3 Å². The number of ether oxygens (including phenoxy) is 1. The maximum Gasteiger partial charge on any atom is 0.416 e. The molecule has 3 aromatic rings. The maximum atomic E-state index is 12.8. The van der Waals surface area contributed by atoms with Crippen LogP contribution in [0.2, 0.25) is 0 Å². The fourth-order valence-corrected chi connectivity index (χ4v) is 3.98. The molecule has 6 heteroatoms. The molecule has 0 amide bonds. The van der Waals surface area contributed by atoms with Gasteiger partial charge in [-0.1, -0.05) is 42.5 Å². The van der Waals surface area contributed by atoms with Gasteiger partial charge in [-0.05, 0) is 47.5 Å². The molecule has 3 nitrogen and oxygen atoms in total. The number of fused-ring (bicyclic) bond motifs is 1. The standard InChI is InChI=1S/C24H25F3N2O/c1-17(22-8-4-6-18-5-2-3-7-23(18)22)28-15-21-16-29(13-14-30-21)20-11-9-19(10-12-20)24(25,26)27/h2-12,17,21,28H,13-16H2,1H3/t17-,21?/m0/s1. The van der Waals surface area contributed by atoms with Crippen molar-refractivity contribution < 1.29 is 17.9 Å². The fraction of sp³-hybridized carbons (Fsp3) is 0.333. The van der Waals surface area contributed by atoms with Gasteiger partial charge in [0.1, 0.15) is 0 Å². The molecule has 1 aliphatic rings. The first-order valence-corrected chi connectivity index (χ1v) is 10.2. The Balaban J connectivity index is 1.38. The van der Waals surface area contributed by atoms with Gasteiger partial charge < -0.3 is 15.0 Å². The van der Waals surface area contributed by atoms with Crippen molar-refractivity contribution in [3.05, 3.63) is 77.9 Å². The monoisotopic (exact) mass is 414 g/mol. The highest BCUT2D eigenvalue weighted by Crippen LogP contribution is 2.31. The van der Waals surface area contributed by atoms with E-state index in [1.165, 1.54) is 28.5 Å². The van der Waals surface area contributed by atoms with E-state index in [4.69, 9.17) is 4.74 Å². The van der Waals surface area contributed by atoms with Gasteiger partial charge in [0, 0.05) is 31.4 Å². The lowest BCUT2D eigenvalue weighted by atomic mass is 9.99. The summed E-state index contributed by atoms with van der Waals surface area (Å²) in [6.45, 7) is 4.66. The summed E-state index contributed by atoms with van der Waals surface area (Å²) in [4.78, 5) is 2.08. The van der Waals surface area contributed by atoms with E-state index in [2.05, 4.69) is 47.5 Å². The molecule has 0 aliphatic carbocycles. The highest BCUT2D eigenvalue weighted by molar-refractivity contribution is 5.86. The van der Waals surface area contributed by atoms with Crippen LogP contribution in [0.15, 0.2) is 66.7 Å². The minimum absolute atomic E-state index is 0.0292. The van der Waals surface area contributed by atoms with Crippen molar-refractivity contribution >= 4 is 16.5 Å². The molecule has 0 spiro atoms. The van der Waals surface area contributed by atoms with Gasteiger partial charge in [-0.2, -0.15) is 13.2 Å². The van der Waals surface area contributed by atoms with Crippen LogP contribution in [0.4, 0.5) is 18.9 Å². The average Bonchev–Trinajstić information content (AvgIpc) is 2.77. The van der Waals surface area contributed by atoms with E-state index in [1.807, 2.05) is 12.1 Å². The van der Waals surface area contributed by atoms with Crippen molar-refractivity contribution in [2.24, 2.45) is 0 Å². The van der Waals surface area contributed by atoms with Crippen LogP contribution >= 0.6 is 0 Å². The molecule has 1 unspecified atom stereocenters. The van der Waals surface area contributed by atoms with Gasteiger partial charge in [0.2, 0.25) is 0 Å². The first kappa shape index (κ1) is 20.7. The van der Waals surface area contributed by atoms with Crippen molar-refractivity contribution in [3.8, 4) is 0 Å². The summed E-state index contributed by atoms with van der Waals surface area (Å²) in [7, 11) is 0.